The Balaban J connectivity index is 1.80. The highest BCUT2D eigenvalue weighted by Crippen LogP contribution is 2.22. The number of amides is 1. The number of benzene rings is 1. The summed E-state index contributed by atoms with van der Waals surface area (Å²) in [6, 6.07) is 5.23. The van der Waals surface area contributed by atoms with Gasteiger partial charge in [0, 0.05) is 12.1 Å². The normalized spacial score (nSPS) is 14.6. The Morgan fingerprint density at radius 1 is 1.17 bits per heavy atom. The standard InChI is InChI=1S/C17H18F2N4O/c1-10-20-14(9-15(21-10)22-11-5-2-3-6-11)17(24)23-16-12(18)7-4-8-13(16)19/h4,7-9,11H,2-3,5-6H2,1H3,(H,23,24)(H,20,21,22). The van der Waals surface area contributed by atoms with E-state index in [0.717, 1.165) is 25.0 Å². The number of para-hydroxylation sites is 1. The van der Waals surface area contributed by atoms with Gasteiger partial charge in [-0.3, -0.25) is 4.79 Å². The summed E-state index contributed by atoms with van der Waals surface area (Å²) in [5, 5.41) is 5.52. The molecule has 126 valence electrons. The monoisotopic (exact) mass is 332 g/mol. The summed E-state index contributed by atoms with van der Waals surface area (Å²) in [6.07, 6.45) is 4.46. The van der Waals surface area contributed by atoms with E-state index in [1.165, 1.54) is 25.0 Å². The summed E-state index contributed by atoms with van der Waals surface area (Å²) >= 11 is 0. The van der Waals surface area contributed by atoms with E-state index in [0.29, 0.717) is 17.7 Å². The smallest absolute Gasteiger partial charge is 0.274 e. The highest BCUT2D eigenvalue weighted by molar-refractivity contribution is 6.03. The van der Waals surface area contributed by atoms with Crippen molar-refractivity contribution >= 4 is 17.4 Å². The van der Waals surface area contributed by atoms with Gasteiger partial charge in [0.1, 0.15) is 34.7 Å². The number of halogens is 2. The summed E-state index contributed by atoms with van der Waals surface area (Å²) in [5.41, 5.74) is -0.422. The minimum atomic E-state index is -0.835. The van der Waals surface area contributed by atoms with Crippen molar-refractivity contribution in [2.24, 2.45) is 0 Å². The van der Waals surface area contributed by atoms with Crippen molar-refractivity contribution in [3.63, 3.8) is 0 Å². The molecule has 2 N–H and O–H groups in total. The molecule has 0 aliphatic heterocycles. The lowest BCUT2D eigenvalue weighted by Gasteiger charge is -2.14. The van der Waals surface area contributed by atoms with Gasteiger partial charge >= 0.3 is 0 Å². The zero-order valence-electron chi connectivity index (χ0n) is 13.3. The summed E-state index contributed by atoms with van der Waals surface area (Å²) < 4.78 is 27.3. The number of anilines is 2. The maximum atomic E-state index is 13.7. The molecule has 1 saturated carbocycles. The molecule has 0 unspecified atom stereocenters. The zero-order chi connectivity index (χ0) is 17.1. The van der Waals surface area contributed by atoms with Crippen LogP contribution in [-0.4, -0.2) is 21.9 Å². The average molecular weight is 332 g/mol. The minimum absolute atomic E-state index is 0.0608. The Morgan fingerprint density at radius 2 is 1.83 bits per heavy atom. The fourth-order valence-corrected chi connectivity index (χ4v) is 2.83. The first kappa shape index (κ1) is 16.3. The van der Waals surface area contributed by atoms with E-state index in [2.05, 4.69) is 20.6 Å². The van der Waals surface area contributed by atoms with Crippen LogP contribution < -0.4 is 10.6 Å². The molecule has 2 aromatic rings. The van der Waals surface area contributed by atoms with E-state index in [4.69, 9.17) is 0 Å². The summed E-state index contributed by atoms with van der Waals surface area (Å²) in [6.45, 7) is 1.67. The molecule has 1 fully saturated rings. The van der Waals surface area contributed by atoms with Crippen molar-refractivity contribution in [3.05, 3.63) is 47.4 Å². The van der Waals surface area contributed by atoms with E-state index in [-0.39, 0.29) is 5.69 Å². The molecule has 0 radical (unpaired) electrons. The lowest BCUT2D eigenvalue weighted by Crippen LogP contribution is -2.20. The predicted octanol–water partition coefficient (Wildman–Crippen LogP) is 3.67. The molecule has 1 heterocycles. The first-order valence-electron chi connectivity index (χ1n) is 7.90. The molecule has 1 amide bonds. The second-order valence-corrected chi connectivity index (χ2v) is 5.86. The fourth-order valence-electron chi connectivity index (χ4n) is 2.83. The van der Waals surface area contributed by atoms with Crippen LogP contribution in [-0.2, 0) is 0 Å². The van der Waals surface area contributed by atoms with Crippen molar-refractivity contribution in [1.29, 1.82) is 0 Å². The van der Waals surface area contributed by atoms with Gasteiger partial charge in [0.15, 0.2) is 0 Å². The topological polar surface area (TPSA) is 66.9 Å². The van der Waals surface area contributed by atoms with Crippen LogP contribution in [0.5, 0.6) is 0 Å². The Hall–Kier alpha value is -2.57. The van der Waals surface area contributed by atoms with Crippen molar-refractivity contribution in [2.45, 2.75) is 38.6 Å². The lowest BCUT2D eigenvalue weighted by molar-refractivity contribution is 0.102. The summed E-state index contributed by atoms with van der Waals surface area (Å²) in [4.78, 5) is 20.6. The number of nitrogens with zero attached hydrogens (tertiary/aromatic N) is 2. The Kier molecular flexibility index (Phi) is 4.69. The molecule has 1 aliphatic rings. The van der Waals surface area contributed by atoms with Crippen LogP contribution in [0.15, 0.2) is 24.3 Å². The molecule has 0 spiro atoms. The van der Waals surface area contributed by atoms with Crippen LogP contribution >= 0.6 is 0 Å². The number of carbonyl (C=O) groups excluding carboxylic acids is 1. The number of hydrogen-bond donors (Lipinski definition) is 2. The van der Waals surface area contributed by atoms with Crippen molar-refractivity contribution in [2.75, 3.05) is 10.6 Å². The van der Waals surface area contributed by atoms with Crippen LogP contribution in [0.1, 0.15) is 42.0 Å². The molecule has 1 aliphatic carbocycles. The van der Waals surface area contributed by atoms with E-state index in [9.17, 15) is 13.6 Å². The van der Waals surface area contributed by atoms with Crippen molar-refractivity contribution in [1.82, 2.24) is 9.97 Å². The lowest BCUT2D eigenvalue weighted by atomic mass is 10.2. The molecule has 5 nitrogen and oxygen atoms in total. The minimum Gasteiger partial charge on any atom is -0.367 e. The summed E-state index contributed by atoms with van der Waals surface area (Å²) in [5.74, 6) is -1.39. The van der Waals surface area contributed by atoms with E-state index in [1.54, 1.807) is 6.92 Å². The van der Waals surface area contributed by atoms with Gasteiger partial charge < -0.3 is 10.6 Å². The van der Waals surface area contributed by atoms with E-state index in [1.807, 2.05) is 0 Å². The van der Waals surface area contributed by atoms with E-state index < -0.39 is 23.2 Å². The number of nitrogens with one attached hydrogen (secondary N) is 2. The van der Waals surface area contributed by atoms with Crippen LogP contribution in [0.25, 0.3) is 0 Å². The molecule has 0 atom stereocenters. The zero-order valence-corrected chi connectivity index (χ0v) is 13.3. The third-order valence-corrected chi connectivity index (χ3v) is 3.98. The Morgan fingerprint density at radius 3 is 2.50 bits per heavy atom. The number of aryl methyl sites for hydroxylation is 1. The first-order valence-corrected chi connectivity index (χ1v) is 7.90. The highest BCUT2D eigenvalue weighted by Gasteiger charge is 2.18. The Labute approximate surface area is 138 Å². The van der Waals surface area contributed by atoms with Gasteiger partial charge in [-0.2, -0.15) is 0 Å². The third-order valence-electron chi connectivity index (χ3n) is 3.98. The summed E-state index contributed by atoms with van der Waals surface area (Å²) in [7, 11) is 0. The van der Waals surface area contributed by atoms with E-state index >= 15 is 0 Å². The van der Waals surface area contributed by atoms with Gasteiger partial charge in [0.05, 0.1) is 0 Å². The second-order valence-electron chi connectivity index (χ2n) is 5.86. The molecule has 7 heteroatoms. The van der Waals surface area contributed by atoms with Gasteiger partial charge in [-0.05, 0) is 31.9 Å². The van der Waals surface area contributed by atoms with Crippen LogP contribution in [0.2, 0.25) is 0 Å². The number of aromatic nitrogens is 2. The second kappa shape index (κ2) is 6.90. The molecule has 0 saturated heterocycles. The quantitative estimate of drug-likeness (QED) is 0.896. The van der Waals surface area contributed by atoms with Crippen LogP contribution in [0.4, 0.5) is 20.3 Å². The van der Waals surface area contributed by atoms with Gasteiger partial charge in [-0.1, -0.05) is 18.9 Å². The Bertz CT molecular complexity index is 740. The number of hydrogen-bond acceptors (Lipinski definition) is 4. The number of carbonyl (C=O) groups is 1. The van der Waals surface area contributed by atoms with Crippen LogP contribution in [0.3, 0.4) is 0 Å². The largest absolute Gasteiger partial charge is 0.367 e. The number of rotatable bonds is 4. The van der Waals surface area contributed by atoms with Crippen molar-refractivity contribution in [3.8, 4) is 0 Å². The molecular formula is C17H18F2N4O. The first-order chi connectivity index (χ1) is 11.5. The maximum absolute atomic E-state index is 13.7. The molecule has 1 aromatic carbocycles. The molecular weight excluding hydrogens is 314 g/mol. The molecule has 1 aromatic heterocycles. The predicted molar refractivity (Wildman–Crippen MR) is 87.0 cm³/mol. The van der Waals surface area contributed by atoms with Crippen molar-refractivity contribution < 1.29 is 13.6 Å². The maximum Gasteiger partial charge on any atom is 0.274 e. The highest BCUT2D eigenvalue weighted by atomic mass is 19.1. The van der Waals surface area contributed by atoms with Gasteiger partial charge in [-0.15, -0.1) is 0 Å². The van der Waals surface area contributed by atoms with Gasteiger partial charge in [0.2, 0.25) is 0 Å². The average Bonchev–Trinajstić information content (AvgIpc) is 3.03. The molecule has 24 heavy (non-hydrogen) atoms. The van der Waals surface area contributed by atoms with Gasteiger partial charge in [-0.25, -0.2) is 18.7 Å². The third kappa shape index (κ3) is 3.67. The molecule has 3 rings (SSSR count). The van der Waals surface area contributed by atoms with Gasteiger partial charge in [0.25, 0.3) is 5.91 Å². The molecule has 0 bridgehead atoms. The fraction of sp³-hybridized carbons (Fsp3) is 0.353. The van der Waals surface area contributed by atoms with Crippen LogP contribution in [0, 0.1) is 18.6 Å². The SMILES string of the molecule is Cc1nc(NC2CCCC2)cc(C(=O)Nc2c(F)cccc2F)n1.